The predicted octanol–water partition coefficient (Wildman–Crippen LogP) is 2.05. The van der Waals surface area contributed by atoms with Crippen molar-refractivity contribution >= 4 is 23.6 Å². The van der Waals surface area contributed by atoms with Crippen molar-refractivity contribution in [3.05, 3.63) is 28.8 Å². The number of aliphatic hydroxyl groups is 1. The van der Waals surface area contributed by atoms with Crippen molar-refractivity contribution in [1.82, 2.24) is 4.90 Å². The maximum absolute atomic E-state index is 11.1. The topological polar surface area (TPSA) is 43.8 Å². The van der Waals surface area contributed by atoms with Gasteiger partial charge in [0.15, 0.2) is 6.29 Å². The second kappa shape index (κ2) is 6.12. The highest BCUT2D eigenvalue weighted by Gasteiger charge is 2.23. The fourth-order valence-corrected chi connectivity index (χ4v) is 2.75. The van der Waals surface area contributed by atoms with Crippen LogP contribution in [0.15, 0.2) is 18.2 Å². The minimum Gasteiger partial charge on any atom is -0.389 e. The molecule has 1 N–H and O–H groups in total. The van der Waals surface area contributed by atoms with Crippen molar-refractivity contribution in [3.63, 3.8) is 0 Å². The van der Waals surface area contributed by atoms with E-state index in [2.05, 4.69) is 9.80 Å². The summed E-state index contributed by atoms with van der Waals surface area (Å²) in [6.07, 6.45) is 0.870. The number of hydrogen-bond donors (Lipinski definition) is 1. The molecule has 1 saturated heterocycles. The van der Waals surface area contributed by atoms with Gasteiger partial charge in [-0.1, -0.05) is 11.6 Å². The Morgan fingerprint density at radius 2 is 1.95 bits per heavy atom. The zero-order valence-electron chi connectivity index (χ0n) is 12.0. The smallest absolute Gasteiger partial charge is 0.152 e. The molecule has 1 heterocycles. The fraction of sp³-hybridized carbons (Fsp3) is 0.533. The van der Waals surface area contributed by atoms with Gasteiger partial charge in [0.25, 0.3) is 0 Å². The molecular weight excluding hydrogens is 276 g/mol. The van der Waals surface area contributed by atoms with E-state index in [1.54, 1.807) is 12.1 Å². The number of hydrogen-bond acceptors (Lipinski definition) is 4. The van der Waals surface area contributed by atoms with Crippen molar-refractivity contribution < 1.29 is 9.90 Å². The molecule has 2 rings (SSSR count). The molecule has 0 aliphatic carbocycles. The largest absolute Gasteiger partial charge is 0.389 e. The molecule has 110 valence electrons. The summed E-state index contributed by atoms with van der Waals surface area (Å²) < 4.78 is 0. The Morgan fingerprint density at radius 3 is 2.50 bits per heavy atom. The molecule has 0 saturated carbocycles. The van der Waals surface area contributed by atoms with Gasteiger partial charge in [-0.25, -0.2) is 0 Å². The Morgan fingerprint density at radius 1 is 1.30 bits per heavy atom. The summed E-state index contributed by atoms with van der Waals surface area (Å²) in [7, 11) is 0. The van der Waals surface area contributed by atoms with Crippen LogP contribution >= 0.6 is 11.6 Å². The molecule has 5 heteroatoms. The fourth-order valence-electron chi connectivity index (χ4n) is 2.58. The third-order valence-electron chi connectivity index (χ3n) is 3.44. The molecule has 0 radical (unpaired) electrons. The zero-order valence-corrected chi connectivity index (χ0v) is 12.7. The molecule has 0 atom stereocenters. The Labute approximate surface area is 124 Å². The van der Waals surface area contributed by atoms with Gasteiger partial charge in [-0.3, -0.25) is 9.69 Å². The van der Waals surface area contributed by atoms with E-state index in [9.17, 15) is 9.90 Å². The number of piperazine rings is 1. The molecule has 0 bridgehead atoms. The summed E-state index contributed by atoms with van der Waals surface area (Å²) in [5.41, 5.74) is 0.896. The van der Waals surface area contributed by atoms with Crippen molar-refractivity contribution in [1.29, 1.82) is 0 Å². The first-order chi connectivity index (χ1) is 9.39. The average molecular weight is 297 g/mol. The number of β-amino-alcohol motifs (C(OH)–C–C–N with tert-alkyl or cyclic N) is 1. The van der Waals surface area contributed by atoms with E-state index in [1.807, 2.05) is 19.9 Å². The predicted molar refractivity (Wildman–Crippen MR) is 81.8 cm³/mol. The van der Waals surface area contributed by atoms with E-state index < -0.39 is 5.60 Å². The maximum atomic E-state index is 11.1. The SMILES string of the molecule is CC(C)(O)CN1CCN(c2cc(Cl)ccc2C=O)CC1. The normalized spacial score (nSPS) is 17.3. The Hall–Kier alpha value is -1.10. The lowest BCUT2D eigenvalue weighted by Gasteiger charge is -2.38. The van der Waals surface area contributed by atoms with Crippen molar-refractivity contribution in [2.75, 3.05) is 37.6 Å². The molecule has 20 heavy (non-hydrogen) atoms. The summed E-state index contributed by atoms with van der Waals surface area (Å²) in [6, 6.07) is 5.34. The first kappa shape index (κ1) is 15.3. The van der Waals surface area contributed by atoms with Crippen LogP contribution in [0.4, 0.5) is 5.69 Å². The number of anilines is 1. The lowest BCUT2D eigenvalue weighted by atomic mass is 10.1. The van der Waals surface area contributed by atoms with Gasteiger partial charge in [0, 0.05) is 49.0 Å². The summed E-state index contributed by atoms with van der Waals surface area (Å²) >= 11 is 6.02. The molecule has 0 unspecified atom stereocenters. The molecule has 4 nitrogen and oxygen atoms in total. The minimum absolute atomic E-state index is 0.643. The lowest BCUT2D eigenvalue weighted by Crippen LogP contribution is -2.50. The number of carbonyl (C=O) groups is 1. The molecule has 1 aromatic rings. The van der Waals surface area contributed by atoms with Crippen molar-refractivity contribution in [3.8, 4) is 0 Å². The minimum atomic E-state index is -0.674. The van der Waals surface area contributed by atoms with E-state index in [0.29, 0.717) is 17.1 Å². The quantitative estimate of drug-likeness (QED) is 0.864. The summed E-state index contributed by atoms with van der Waals surface area (Å²) in [5.74, 6) is 0. The van der Waals surface area contributed by atoms with Gasteiger partial charge < -0.3 is 10.0 Å². The molecule has 1 aliphatic heterocycles. The first-order valence-electron chi connectivity index (χ1n) is 6.83. The van der Waals surface area contributed by atoms with E-state index in [4.69, 9.17) is 11.6 Å². The third-order valence-corrected chi connectivity index (χ3v) is 3.68. The van der Waals surface area contributed by atoms with Crippen LogP contribution in [0.25, 0.3) is 0 Å². The standard InChI is InChI=1S/C15H21ClN2O2/c1-15(2,20)11-17-5-7-18(8-6-17)14-9-13(16)4-3-12(14)10-19/h3-4,9-10,20H,5-8,11H2,1-2H3. The van der Waals surface area contributed by atoms with Crippen LogP contribution in [0.1, 0.15) is 24.2 Å². The van der Waals surface area contributed by atoms with E-state index in [-0.39, 0.29) is 0 Å². The Bertz CT molecular complexity index is 477. The van der Waals surface area contributed by atoms with Gasteiger partial charge in [-0.15, -0.1) is 0 Å². The molecule has 1 fully saturated rings. The van der Waals surface area contributed by atoms with Gasteiger partial charge in [-0.2, -0.15) is 0 Å². The average Bonchev–Trinajstić information content (AvgIpc) is 2.38. The monoisotopic (exact) mass is 296 g/mol. The second-order valence-electron chi connectivity index (χ2n) is 5.90. The summed E-state index contributed by atoms with van der Waals surface area (Å²) in [5, 5.41) is 10.5. The molecule has 1 aromatic carbocycles. The Balaban J connectivity index is 2.04. The van der Waals surface area contributed by atoms with Crippen LogP contribution in [0.2, 0.25) is 5.02 Å². The van der Waals surface area contributed by atoms with Crippen LogP contribution < -0.4 is 4.90 Å². The summed E-state index contributed by atoms with van der Waals surface area (Å²) in [6.45, 7) is 7.71. The van der Waals surface area contributed by atoms with Crippen LogP contribution in [-0.2, 0) is 0 Å². The van der Waals surface area contributed by atoms with E-state index in [1.165, 1.54) is 0 Å². The molecular formula is C15H21ClN2O2. The van der Waals surface area contributed by atoms with Crippen LogP contribution in [0.3, 0.4) is 0 Å². The highest BCUT2D eigenvalue weighted by molar-refractivity contribution is 6.31. The van der Waals surface area contributed by atoms with Crippen LogP contribution in [0, 0.1) is 0 Å². The molecule has 0 spiro atoms. The molecule has 1 aliphatic rings. The third kappa shape index (κ3) is 3.95. The zero-order chi connectivity index (χ0) is 14.8. The number of aldehydes is 1. The first-order valence-corrected chi connectivity index (χ1v) is 7.21. The van der Waals surface area contributed by atoms with Crippen molar-refractivity contribution in [2.24, 2.45) is 0 Å². The highest BCUT2D eigenvalue weighted by Crippen LogP contribution is 2.25. The number of carbonyl (C=O) groups excluding carboxylic acids is 1. The second-order valence-corrected chi connectivity index (χ2v) is 6.33. The van der Waals surface area contributed by atoms with Gasteiger partial charge in [0.2, 0.25) is 0 Å². The number of benzene rings is 1. The van der Waals surface area contributed by atoms with Gasteiger partial charge in [-0.05, 0) is 32.0 Å². The highest BCUT2D eigenvalue weighted by atomic mass is 35.5. The van der Waals surface area contributed by atoms with Gasteiger partial charge in [0.05, 0.1) is 5.60 Å². The van der Waals surface area contributed by atoms with Crippen molar-refractivity contribution in [2.45, 2.75) is 19.4 Å². The van der Waals surface area contributed by atoms with Gasteiger partial charge >= 0.3 is 0 Å². The molecule has 0 aromatic heterocycles. The lowest BCUT2D eigenvalue weighted by molar-refractivity contribution is 0.0345. The number of halogens is 1. The molecule has 0 amide bonds. The number of nitrogens with zero attached hydrogens (tertiary/aromatic N) is 2. The number of rotatable bonds is 4. The maximum Gasteiger partial charge on any atom is 0.152 e. The van der Waals surface area contributed by atoms with E-state index >= 15 is 0 Å². The van der Waals surface area contributed by atoms with E-state index in [0.717, 1.165) is 38.2 Å². The summed E-state index contributed by atoms with van der Waals surface area (Å²) in [4.78, 5) is 15.5. The van der Waals surface area contributed by atoms with Crippen LogP contribution in [0.5, 0.6) is 0 Å². The Kier molecular flexibility index (Phi) is 4.68. The van der Waals surface area contributed by atoms with Crippen LogP contribution in [-0.4, -0.2) is 54.6 Å². The van der Waals surface area contributed by atoms with Gasteiger partial charge in [0.1, 0.15) is 0 Å².